The number of halogens is 3. The van der Waals surface area contributed by atoms with Crippen LogP contribution >= 0.6 is 45.8 Å². The molecule has 0 aliphatic carbocycles. The lowest BCUT2D eigenvalue weighted by molar-refractivity contribution is 0.102. The molecule has 1 aromatic heterocycles. The van der Waals surface area contributed by atoms with Crippen molar-refractivity contribution in [2.45, 2.75) is 0 Å². The zero-order valence-corrected chi connectivity index (χ0v) is 15.8. The van der Waals surface area contributed by atoms with Crippen LogP contribution in [0.5, 0.6) is 0 Å². The third-order valence-corrected chi connectivity index (χ3v) is 4.97. The third-order valence-electron chi connectivity index (χ3n) is 3.29. The Morgan fingerprint density at radius 2 is 1.88 bits per heavy atom. The van der Waals surface area contributed by atoms with Gasteiger partial charge in [-0.25, -0.2) is 9.97 Å². The standard InChI is InChI=1S/C17H10Cl2IN3O/c18-13-6-5-10(7-14(13)19)12-8-21-9-22-16(12)23-17(24)11-3-1-2-4-15(11)20/h1-9H,(H,21,22,23,24). The van der Waals surface area contributed by atoms with E-state index in [1.807, 2.05) is 18.2 Å². The molecule has 0 saturated carbocycles. The maximum Gasteiger partial charge on any atom is 0.257 e. The molecule has 0 fully saturated rings. The zero-order chi connectivity index (χ0) is 17.1. The number of benzene rings is 2. The second-order valence-electron chi connectivity index (χ2n) is 4.85. The molecule has 0 spiro atoms. The monoisotopic (exact) mass is 469 g/mol. The van der Waals surface area contributed by atoms with Crippen molar-refractivity contribution in [1.29, 1.82) is 0 Å². The Morgan fingerprint density at radius 1 is 1.08 bits per heavy atom. The van der Waals surface area contributed by atoms with Gasteiger partial charge in [-0.1, -0.05) is 41.4 Å². The normalized spacial score (nSPS) is 10.5. The van der Waals surface area contributed by atoms with Gasteiger partial charge in [-0.05, 0) is 52.4 Å². The van der Waals surface area contributed by atoms with E-state index in [1.165, 1.54) is 6.33 Å². The van der Waals surface area contributed by atoms with Gasteiger partial charge in [-0.15, -0.1) is 0 Å². The smallest absolute Gasteiger partial charge is 0.257 e. The van der Waals surface area contributed by atoms with Crippen molar-refractivity contribution >= 4 is 57.5 Å². The summed E-state index contributed by atoms with van der Waals surface area (Å²) in [5.41, 5.74) is 2.01. The number of amides is 1. The molecule has 0 saturated heterocycles. The minimum absolute atomic E-state index is 0.236. The predicted molar refractivity (Wildman–Crippen MR) is 105 cm³/mol. The first-order valence-electron chi connectivity index (χ1n) is 6.87. The lowest BCUT2D eigenvalue weighted by Crippen LogP contribution is -2.15. The Hall–Kier alpha value is -1.70. The highest BCUT2D eigenvalue weighted by molar-refractivity contribution is 14.1. The maximum atomic E-state index is 12.5. The van der Waals surface area contributed by atoms with Crippen LogP contribution in [0.2, 0.25) is 10.0 Å². The summed E-state index contributed by atoms with van der Waals surface area (Å²) in [7, 11) is 0. The molecule has 0 bridgehead atoms. The average molecular weight is 470 g/mol. The molecule has 4 nitrogen and oxygen atoms in total. The minimum Gasteiger partial charge on any atom is -0.306 e. The number of anilines is 1. The fourth-order valence-electron chi connectivity index (χ4n) is 2.12. The number of nitrogens with one attached hydrogen (secondary N) is 1. The third kappa shape index (κ3) is 3.68. The van der Waals surface area contributed by atoms with Gasteiger partial charge in [0.2, 0.25) is 0 Å². The van der Waals surface area contributed by atoms with Gasteiger partial charge in [0.1, 0.15) is 12.1 Å². The van der Waals surface area contributed by atoms with Crippen LogP contribution in [0.25, 0.3) is 11.1 Å². The van der Waals surface area contributed by atoms with E-state index in [0.29, 0.717) is 27.0 Å². The molecular formula is C17H10Cl2IN3O. The zero-order valence-electron chi connectivity index (χ0n) is 12.1. The van der Waals surface area contributed by atoms with Crippen LogP contribution < -0.4 is 5.32 Å². The second kappa shape index (κ2) is 7.46. The van der Waals surface area contributed by atoms with Crippen molar-refractivity contribution in [3.63, 3.8) is 0 Å². The number of carbonyl (C=O) groups is 1. The van der Waals surface area contributed by atoms with Gasteiger partial charge in [-0.2, -0.15) is 0 Å². The Labute approximate surface area is 162 Å². The van der Waals surface area contributed by atoms with Crippen LogP contribution in [0.15, 0.2) is 55.0 Å². The molecule has 7 heteroatoms. The molecule has 3 rings (SSSR count). The summed E-state index contributed by atoms with van der Waals surface area (Å²) in [6, 6.07) is 12.5. The van der Waals surface area contributed by atoms with E-state index in [2.05, 4.69) is 37.9 Å². The molecule has 1 N–H and O–H groups in total. The first kappa shape index (κ1) is 17.1. The first-order chi connectivity index (χ1) is 11.6. The van der Waals surface area contributed by atoms with Crippen molar-refractivity contribution in [1.82, 2.24) is 9.97 Å². The van der Waals surface area contributed by atoms with Gasteiger partial charge < -0.3 is 5.32 Å². The largest absolute Gasteiger partial charge is 0.306 e. The van der Waals surface area contributed by atoms with Gasteiger partial charge in [0, 0.05) is 15.3 Å². The molecular weight excluding hydrogens is 460 g/mol. The SMILES string of the molecule is O=C(Nc1ncncc1-c1ccc(Cl)c(Cl)c1)c1ccccc1I. The van der Waals surface area contributed by atoms with Gasteiger partial charge in [0.25, 0.3) is 5.91 Å². The van der Waals surface area contributed by atoms with Crippen molar-refractivity contribution in [3.8, 4) is 11.1 Å². The molecule has 0 radical (unpaired) electrons. The van der Waals surface area contributed by atoms with Crippen LogP contribution in [-0.2, 0) is 0 Å². The Bertz CT molecular complexity index is 918. The molecule has 3 aromatic rings. The van der Waals surface area contributed by atoms with Gasteiger partial charge in [0.05, 0.1) is 15.6 Å². The number of aromatic nitrogens is 2. The molecule has 120 valence electrons. The van der Waals surface area contributed by atoms with Crippen LogP contribution in [0.4, 0.5) is 5.82 Å². The van der Waals surface area contributed by atoms with Crippen LogP contribution in [-0.4, -0.2) is 15.9 Å². The van der Waals surface area contributed by atoms with E-state index in [9.17, 15) is 4.79 Å². The highest BCUT2D eigenvalue weighted by Crippen LogP contribution is 2.31. The van der Waals surface area contributed by atoms with Crippen molar-refractivity contribution in [2.24, 2.45) is 0 Å². The fraction of sp³-hybridized carbons (Fsp3) is 0. The summed E-state index contributed by atoms with van der Waals surface area (Å²) in [5.74, 6) is 0.174. The Kier molecular flexibility index (Phi) is 5.33. The first-order valence-corrected chi connectivity index (χ1v) is 8.71. The topological polar surface area (TPSA) is 54.9 Å². The molecule has 0 aliphatic rings. The van der Waals surface area contributed by atoms with E-state index in [1.54, 1.807) is 30.5 Å². The number of rotatable bonds is 3. The van der Waals surface area contributed by atoms with Crippen molar-refractivity contribution in [2.75, 3.05) is 5.32 Å². The Morgan fingerprint density at radius 3 is 2.62 bits per heavy atom. The van der Waals surface area contributed by atoms with Crippen LogP contribution in [0.3, 0.4) is 0 Å². The number of nitrogens with zero attached hydrogens (tertiary/aromatic N) is 2. The number of hydrogen-bond acceptors (Lipinski definition) is 3. The molecule has 1 amide bonds. The highest BCUT2D eigenvalue weighted by atomic mass is 127. The lowest BCUT2D eigenvalue weighted by atomic mass is 10.1. The molecule has 2 aromatic carbocycles. The van der Waals surface area contributed by atoms with E-state index >= 15 is 0 Å². The van der Waals surface area contributed by atoms with Crippen molar-refractivity contribution in [3.05, 3.63) is 74.2 Å². The van der Waals surface area contributed by atoms with Gasteiger partial charge in [0.15, 0.2) is 0 Å². The number of hydrogen-bond donors (Lipinski definition) is 1. The molecule has 24 heavy (non-hydrogen) atoms. The predicted octanol–water partition coefficient (Wildman–Crippen LogP) is 5.31. The van der Waals surface area contributed by atoms with Crippen LogP contribution in [0, 0.1) is 3.57 Å². The fourth-order valence-corrected chi connectivity index (χ4v) is 3.05. The average Bonchev–Trinajstić information content (AvgIpc) is 2.58. The summed E-state index contributed by atoms with van der Waals surface area (Å²) < 4.78 is 0.859. The highest BCUT2D eigenvalue weighted by Gasteiger charge is 2.14. The van der Waals surface area contributed by atoms with Gasteiger partial charge >= 0.3 is 0 Å². The summed E-state index contributed by atoms with van der Waals surface area (Å²) in [6.45, 7) is 0. The summed E-state index contributed by atoms with van der Waals surface area (Å²) in [6.07, 6.45) is 3.00. The maximum absolute atomic E-state index is 12.5. The summed E-state index contributed by atoms with van der Waals surface area (Å²) in [5, 5.41) is 3.71. The molecule has 1 heterocycles. The lowest BCUT2D eigenvalue weighted by Gasteiger charge is -2.11. The summed E-state index contributed by atoms with van der Waals surface area (Å²) in [4.78, 5) is 20.7. The van der Waals surface area contributed by atoms with E-state index in [-0.39, 0.29) is 5.91 Å². The van der Waals surface area contributed by atoms with Gasteiger partial charge in [-0.3, -0.25) is 4.79 Å². The summed E-state index contributed by atoms with van der Waals surface area (Å²) >= 11 is 14.2. The quantitative estimate of drug-likeness (QED) is 0.529. The van der Waals surface area contributed by atoms with E-state index < -0.39 is 0 Å². The Balaban J connectivity index is 1.96. The van der Waals surface area contributed by atoms with Crippen molar-refractivity contribution < 1.29 is 4.79 Å². The minimum atomic E-state index is -0.236. The van der Waals surface area contributed by atoms with E-state index in [0.717, 1.165) is 9.13 Å². The number of carbonyl (C=O) groups excluding carboxylic acids is 1. The van der Waals surface area contributed by atoms with Crippen LogP contribution in [0.1, 0.15) is 10.4 Å². The molecule has 0 aliphatic heterocycles. The molecule has 0 atom stereocenters. The molecule has 0 unspecified atom stereocenters. The second-order valence-corrected chi connectivity index (χ2v) is 6.82. The van der Waals surface area contributed by atoms with E-state index in [4.69, 9.17) is 23.2 Å².